The number of rotatable bonds is 5. The second-order valence-electron chi connectivity index (χ2n) is 7.75. The molecule has 1 heterocycles. The van der Waals surface area contributed by atoms with Crippen LogP contribution in [0.2, 0.25) is 0 Å². The number of nitrogens with zero attached hydrogens (tertiary/aromatic N) is 1. The number of piperidine rings is 1. The zero-order valence-corrected chi connectivity index (χ0v) is 13.5. The van der Waals surface area contributed by atoms with E-state index in [2.05, 4.69) is 51.8 Å². The van der Waals surface area contributed by atoms with E-state index in [1.165, 1.54) is 38.9 Å². The Kier molecular flexibility index (Phi) is 5.67. The molecule has 0 aromatic rings. The fourth-order valence-electron chi connectivity index (χ4n) is 2.74. The van der Waals surface area contributed by atoms with Gasteiger partial charge in [-0.1, -0.05) is 20.8 Å². The van der Waals surface area contributed by atoms with Crippen LogP contribution in [0.3, 0.4) is 0 Å². The van der Waals surface area contributed by atoms with Crippen molar-refractivity contribution >= 4 is 0 Å². The molecule has 1 saturated heterocycles. The maximum atomic E-state index is 3.69. The zero-order chi connectivity index (χ0) is 13.8. The van der Waals surface area contributed by atoms with Crippen LogP contribution in [0.5, 0.6) is 0 Å². The summed E-state index contributed by atoms with van der Waals surface area (Å²) in [5.74, 6) is 0.885. The highest BCUT2D eigenvalue weighted by molar-refractivity contribution is 4.84. The summed E-state index contributed by atoms with van der Waals surface area (Å²) >= 11 is 0. The Labute approximate surface area is 115 Å². The quantitative estimate of drug-likeness (QED) is 0.807. The van der Waals surface area contributed by atoms with Crippen LogP contribution in [0.15, 0.2) is 0 Å². The highest BCUT2D eigenvalue weighted by Crippen LogP contribution is 2.25. The van der Waals surface area contributed by atoms with E-state index in [1.807, 2.05) is 0 Å². The number of likely N-dealkylation sites (tertiary alicyclic amines) is 1. The lowest BCUT2D eigenvalue weighted by Gasteiger charge is -2.40. The first-order chi connectivity index (χ1) is 8.24. The van der Waals surface area contributed by atoms with Gasteiger partial charge in [0.05, 0.1) is 0 Å². The van der Waals surface area contributed by atoms with Crippen molar-refractivity contribution in [3.8, 4) is 0 Å². The van der Waals surface area contributed by atoms with Gasteiger partial charge < -0.3 is 10.2 Å². The van der Waals surface area contributed by atoms with Gasteiger partial charge in [-0.25, -0.2) is 0 Å². The first-order valence-electron chi connectivity index (χ1n) is 7.71. The Hall–Kier alpha value is -0.0800. The zero-order valence-electron chi connectivity index (χ0n) is 13.5. The summed E-state index contributed by atoms with van der Waals surface area (Å²) in [6.45, 7) is 18.9. The largest absolute Gasteiger partial charge is 0.311 e. The van der Waals surface area contributed by atoms with E-state index in [0.29, 0.717) is 5.41 Å². The maximum absolute atomic E-state index is 3.69. The average Bonchev–Trinajstić information content (AvgIpc) is 2.26. The third-order valence-electron chi connectivity index (χ3n) is 4.25. The van der Waals surface area contributed by atoms with Crippen LogP contribution in [0.4, 0.5) is 0 Å². The summed E-state index contributed by atoms with van der Waals surface area (Å²) in [5.41, 5.74) is 0.635. The molecule has 2 heteroatoms. The monoisotopic (exact) mass is 254 g/mol. The molecule has 0 amide bonds. The van der Waals surface area contributed by atoms with Crippen LogP contribution in [0.1, 0.15) is 60.8 Å². The van der Waals surface area contributed by atoms with Crippen molar-refractivity contribution in [1.82, 2.24) is 10.2 Å². The molecule has 2 unspecified atom stereocenters. The Bertz CT molecular complexity index is 244. The lowest BCUT2D eigenvalue weighted by molar-refractivity contribution is 0.107. The van der Waals surface area contributed by atoms with Crippen LogP contribution in [0.25, 0.3) is 0 Å². The van der Waals surface area contributed by atoms with Crippen molar-refractivity contribution in [2.45, 2.75) is 66.3 Å². The third-order valence-corrected chi connectivity index (χ3v) is 4.25. The van der Waals surface area contributed by atoms with Crippen molar-refractivity contribution in [3.63, 3.8) is 0 Å². The van der Waals surface area contributed by atoms with Gasteiger partial charge in [-0.3, -0.25) is 0 Å². The molecule has 1 fully saturated rings. The standard InChI is InChI=1S/C16H34N2/c1-7-16(6,12-17-15(3,4)5)13-18-10-8-9-14(2)11-18/h14,17H,7-13H2,1-6H3. The van der Waals surface area contributed by atoms with E-state index in [4.69, 9.17) is 0 Å². The van der Waals surface area contributed by atoms with Gasteiger partial charge in [0.25, 0.3) is 0 Å². The number of hydrogen-bond acceptors (Lipinski definition) is 2. The molecule has 108 valence electrons. The van der Waals surface area contributed by atoms with Gasteiger partial charge in [0, 0.05) is 25.2 Å². The molecule has 0 aromatic heterocycles. The molecule has 0 spiro atoms. The summed E-state index contributed by atoms with van der Waals surface area (Å²) in [4.78, 5) is 2.68. The predicted octanol–water partition coefficient (Wildman–Crippen LogP) is 3.52. The molecule has 0 aliphatic carbocycles. The first-order valence-corrected chi connectivity index (χ1v) is 7.71. The van der Waals surface area contributed by atoms with Crippen molar-refractivity contribution in [3.05, 3.63) is 0 Å². The molecule has 18 heavy (non-hydrogen) atoms. The first kappa shape index (κ1) is 16.0. The summed E-state index contributed by atoms with van der Waals surface area (Å²) in [6, 6.07) is 0. The lowest BCUT2D eigenvalue weighted by Crippen LogP contribution is -2.49. The molecule has 1 aliphatic heterocycles. The van der Waals surface area contributed by atoms with Crippen LogP contribution in [-0.4, -0.2) is 36.6 Å². The van der Waals surface area contributed by atoms with Gasteiger partial charge in [-0.15, -0.1) is 0 Å². The fraction of sp³-hybridized carbons (Fsp3) is 1.00. The smallest absolute Gasteiger partial charge is 0.00967 e. The molecule has 1 N–H and O–H groups in total. The van der Waals surface area contributed by atoms with E-state index in [1.54, 1.807) is 0 Å². The minimum absolute atomic E-state index is 0.228. The molecule has 0 saturated carbocycles. The van der Waals surface area contributed by atoms with Gasteiger partial charge in [0.1, 0.15) is 0 Å². The topological polar surface area (TPSA) is 15.3 Å². The molecule has 2 atom stereocenters. The molecule has 0 aromatic carbocycles. The van der Waals surface area contributed by atoms with Crippen LogP contribution >= 0.6 is 0 Å². The van der Waals surface area contributed by atoms with Gasteiger partial charge in [0.2, 0.25) is 0 Å². The molecule has 2 nitrogen and oxygen atoms in total. The summed E-state index contributed by atoms with van der Waals surface area (Å²) in [7, 11) is 0. The van der Waals surface area contributed by atoms with Crippen LogP contribution < -0.4 is 5.32 Å². The normalized spacial score (nSPS) is 26.0. The minimum atomic E-state index is 0.228. The molecular weight excluding hydrogens is 220 g/mol. The third kappa shape index (κ3) is 5.71. The molecule has 1 rings (SSSR count). The Morgan fingerprint density at radius 1 is 1.22 bits per heavy atom. The fourth-order valence-corrected chi connectivity index (χ4v) is 2.74. The van der Waals surface area contributed by atoms with Crippen LogP contribution in [-0.2, 0) is 0 Å². The van der Waals surface area contributed by atoms with E-state index in [9.17, 15) is 0 Å². The van der Waals surface area contributed by atoms with E-state index >= 15 is 0 Å². The molecule has 0 bridgehead atoms. The second-order valence-corrected chi connectivity index (χ2v) is 7.75. The van der Waals surface area contributed by atoms with E-state index in [-0.39, 0.29) is 5.54 Å². The van der Waals surface area contributed by atoms with Crippen molar-refractivity contribution in [2.24, 2.45) is 11.3 Å². The Morgan fingerprint density at radius 2 is 1.89 bits per heavy atom. The van der Waals surface area contributed by atoms with Crippen molar-refractivity contribution in [1.29, 1.82) is 0 Å². The second kappa shape index (κ2) is 6.38. The molecule has 0 radical (unpaired) electrons. The number of nitrogens with one attached hydrogen (secondary N) is 1. The van der Waals surface area contributed by atoms with Crippen molar-refractivity contribution < 1.29 is 0 Å². The average molecular weight is 254 g/mol. The minimum Gasteiger partial charge on any atom is -0.311 e. The molecular formula is C16H34N2. The van der Waals surface area contributed by atoms with Gasteiger partial charge in [-0.05, 0) is 57.9 Å². The van der Waals surface area contributed by atoms with Gasteiger partial charge in [-0.2, -0.15) is 0 Å². The van der Waals surface area contributed by atoms with E-state index < -0.39 is 0 Å². The van der Waals surface area contributed by atoms with Gasteiger partial charge >= 0.3 is 0 Å². The van der Waals surface area contributed by atoms with Crippen molar-refractivity contribution in [2.75, 3.05) is 26.2 Å². The predicted molar refractivity (Wildman–Crippen MR) is 81.0 cm³/mol. The number of hydrogen-bond donors (Lipinski definition) is 1. The SMILES string of the molecule is CCC(C)(CNC(C)(C)C)CN1CCCC(C)C1. The maximum Gasteiger partial charge on any atom is 0.00967 e. The summed E-state index contributed by atoms with van der Waals surface area (Å²) < 4.78 is 0. The van der Waals surface area contributed by atoms with Crippen LogP contribution in [0, 0.1) is 11.3 Å². The van der Waals surface area contributed by atoms with Gasteiger partial charge in [0.15, 0.2) is 0 Å². The summed E-state index contributed by atoms with van der Waals surface area (Å²) in [6.07, 6.45) is 4.05. The highest BCUT2D eigenvalue weighted by Gasteiger charge is 2.28. The Balaban J connectivity index is 2.48. The molecule has 1 aliphatic rings. The lowest BCUT2D eigenvalue weighted by atomic mass is 9.85. The highest BCUT2D eigenvalue weighted by atomic mass is 15.1. The van der Waals surface area contributed by atoms with E-state index in [0.717, 1.165) is 12.5 Å². The summed E-state index contributed by atoms with van der Waals surface area (Å²) in [5, 5.41) is 3.69. The Morgan fingerprint density at radius 3 is 2.39 bits per heavy atom.